The van der Waals surface area contributed by atoms with Crippen molar-refractivity contribution in [3.8, 4) is 0 Å². The third kappa shape index (κ3) is 3.36. The Balaban J connectivity index is 1.69. The van der Waals surface area contributed by atoms with Crippen LogP contribution in [0.4, 0.5) is 0 Å². The van der Waals surface area contributed by atoms with Crippen LogP contribution in [0.1, 0.15) is 45.6 Å². The molecule has 1 N–H and O–H groups in total. The van der Waals surface area contributed by atoms with Crippen molar-refractivity contribution in [1.82, 2.24) is 9.55 Å². The van der Waals surface area contributed by atoms with Crippen LogP contribution in [0.25, 0.3) is 10.9 Å². The fourth-order valence-electron chi connectivity index (χ4n) is 3.12. The van der Waals surface area contributed by atoms with Gasteiger partial charge >= 0.3 is 5.97 Å². The minimum atomic E-state index is -0.521. The normalized spacial score (nSPS) is 11.0. The summed E-state index contributed by atoms with van der Waals surface area (Å²) in [6.45, 7) is 6.62. The summed E-state index contributed by atoms with van der Waals surface area (Å²) in [6, 6.07) is 11.2. The van der Waals surface area contributed by atoms with E-state index in [-0.39, 0.29) is 12.4 Å². The summed E-state index contributed by atoms with van der Waals surface area (Å²) in [7, 11) is 0. The maximum atomic E-state index is 12.4. The molecule has 2 heterocycles. The van der Waals surface area contributed by atoms with Crippen LogP contribution in [-0.4, -0.2) is 27.9 Å². The Kier molecular flexibility index (Phi) is 4.74. The number of carbonyl (C=O) groups is 2. The molecule has 0 aliphatic heterocycles. The average Bonchev–Trinajstić information content (AvgIpc) is 3.16. The Hall–Kier alpha value is -2.82. The van der Waals surface area contributed by atoms with Gasteiger partial charge in [-0.3, -0.25) is 4.79 Å². The number of ketones is 1. The second-order valence-corrected chi connectivity index (χ2v) is 6.21. The minimum Gasteiger partial charge on any atom is -0.453 e. The minimum absolute atomic E-state index is 0.181. The van der Waals surface area contributed by atoms with E-state index in [4.69, 9.17) is 4.74 Å². The summed E-state index contributed by atoms with van der Waals surface area (Å²) in [5.41, 5.74) is 3.81. The molecule has 0 bridgehead atoms. The Labute approximate surface area is 146 Å². The summed E-state index contributed by atoms with van der Waals surface area (Å²) in [5, 5.41) is 0.934. The zero-order chi connectivity index (χ0) is 18.0. The molecular formula is C20H22N2O3. The zero-order valence-corrected chi connectivity index (χ0v) is 14.8. The van der Waals surface area contributed by atoms with Crippen molar-refractivity contribution in [1.29, 1.82) is 0 Å². The molecule has 130 valence electrons. The second kappa shape index (κ2) is 6.97. The third-order valence-electron chi connectivity index (χ3n) is 4.41. The molecule has 3 aromatic rings. The Morgan fingerprint density at radius 1 is 1.16 bits per heavy atom. The number of benzene rings is 1. The number of fused-ring (bicyclic) bond motifs is 1. The van der Waals surface area contributed by atoms with Crippen LogP contribution in [-0.2, 0) is 11.3 Å². The first kappa shape index (κ1) is 17.0. The van der Waals surface area contributed by atoms with E-state index in [1.807, 2.05) is 44.2 Å². The van der Waals surface area contributed by atoms with Crippen molar-refractivity contribution in [2.45, 2.75) is 33.7 Å². The number of carbonyl (C=O) groups excluding carboxylic acids is 2. The molecule has 0 saturated heterocycles. The standard InChI is InChI=1S/C20H22N2O3/c1-4-9-22-13(2)10-16(14(22)3)19(23)12-25-20(24)18-11-15-7-5-6-8-17(15)21-18/h5-8,10-11,21H,4,9,12H2,1-3H3. The van der Waals surface area contributed by atoms with Crippen molar-refractivity contribution in [2.24, 2.45) is 0 Å². The predicted molar refractivity (Wildman–Crippen MR) is 97.1 cm³/mol. The van der Waals surface area contributed by atoms with Crippen LogP contribution < -0.4 is 0 Å². The summed E-state index contributed by atoms with van der Waals surface area (Å²) in [6.07, 6.45) is 0.999. The molecule has 0 atom stereocenters. The summed E-state index contributed by atoms with van der Waals surface area (Å²) in [5.74, 6) is -0.702. The van der Waals surface area contributed by atoms with E-state index in [0.717, 1.165) is 35.3 Å². The Morgan fingerprint density at radius 3 is 2.64 bits per heavy atom. The zero-order valence-electron chi connectivity index (χ0n) is 14.8. The summed E-state index contributed by atoms with van der Waals surface area (Å²) in [4.78, 5) is 27.7. The first-order valence-electron chi connectivity index (χ1n) is 8.46. The molecule has 0 amide bonds. The van der Waals surface area contributed by atoms with Gasteiger partial charge in [-0.1, -0.05) is 25.1 Å². The highest BCUT2D eigenvalue weighted by atomic mass is 16.5. The highest BCUT2D eigenvalue weighted by Gasteiger charge is 2.18. The smallest absolute Gasteiger partial charge is 0.355 e. The number of para-hydroxylation sites is 1. The van der Waals surface area contributed by atoms with E-state index in [2.05, 4.69) is 16.5 Å². The summed E-state index contributed by atoms with van der Waals surface area (Å²) < 4.78 is 7.33. The fraction of sp³-hybridized carbons (Fsp3) is 0.300. The van der Waals surface area contributed by atoms with Crippen molar-refractivity contribution in [3.63, 3.8) is 0 Å². The molecule has 3 rings (SSSR count). The number of nitrogens with one attached hydrogen (secondary N) is 1. The number of rotatable bonds is 6. The van der Waals surface area contributed by atoms with Crippen LogP contribution in [0.3, 0.4) is 0 Å². The molecule has 25 heavy (non-hydrogen) atoms. The predicted octanol–water partition coefficient (Wildman–Crippen LogP) is 4.04. The van der Waals surface area contributed by atoms with Gasteiger partial charge in [-0.2, -0.15) is 0 Å². The lowest BCUT2D eigenvalue weighted by Crippen LogP contribution is -2.15. The number of Topliss-reactive ketones (excluding diaryl/α,β-unsaturated/α-hetero) is 1. The molecule has 0 aliphatic carbocycles. The average molecular weight is 338 g/mol. The highest BCUT2D eigenvalue weighted by Crippen LogP contribution is 2.18. The lowest BCUT2D eigenvalue weighted by molar-refractivity contribution is 0.0469. The fourth-order valence-corrected chi connectivity index (χ4v) is 3.12. The first-order valence-corrected chi connectivity index (χ1v) is 8.46. The number of hydrogen-bond donors (Lipinski definition) is 1. The van der Waals surface area contributed by atoms with Crippen LogP contribution in [0.15, 0.2) is 36.4 Å². The van der Waals surface area contributed by atoms with Gasteiger partial charge in [0.15, 0.2) is 6.61 Å². The molecule has 1 aromatic carbocycles. The maximum Gasteiger partial charge on any atom is 0.355 e. The van der Waals surface area contributed by atoms with Gasteiger partial charge in [-0.25, -0.2) is 4.79 Å². The molecule has 5 heteroatoms. The second-order valence-electron chi connectivity index (χ2n) is 6.21. The molecule has 0 spiro atoms. The summed E-state index contributed by atoms with van der Waals surface area (Å²) >= 11 is 0. The van der Waals surface area contributed by atoms with Crippen LogP contribution >= 0.6 is 0 Å². The molecule has 0 fully saturated rings. The van der Waals surface area contributed by atoms with Crippen LogP contribution in [0.5, 0.6) is 0 Å². The largest absolute Gasteiger partial charge is 0.453 e. The van der Waals surface area contributed by atoms with Crippen molar-refractivity contribution in [3.05, 3.63) is 59.0 Å². The monoisotopic (exact) mass is 338 g/mol. The van der Waals surface area contributed by atoms with E-state index in [1.54, 1.807) is 6.07 Å². The number of esters is 1. The van der Waals surface area contributed by atoms with Crippen molar-refractivity contribution in [2.75, 3.05) is 6.61 Å². The van der Waals surface area contributed by atoms with Crippen LogP contribution in [0.2, 0.25) is 0 Å². The number of H-pyrrole nitrogens is 1. The molecule has 0 saturated carbocycles. The highest BCUT2D eigenvalue weighted by molar-refractivity contribution is 6.01. The van der Waals surface area contributed by atoms with Crippen molar-refractivity contribution < 1.29 is 14.3 Å². The molecule has 0 radical (unpaired) electrons. The van der Waals surface area contributed by atoms with Crippen LogP contribution in [0, 0.1) is 13.8 Å². The quantitative estimate of drug-likeness (QED) is 0.545. The van der Waals surface area contributed by atoms with Gasteiger partial charge in [-0.15, -0.1) is 0 Å². The maximum absolute atomic E-state index is 12.4. The number of aromatic amines is 1. The van der Waals surface area contributed by atoms with E-state index >= 15 is 0 Å². The number of nitrogens with zero attached hydrogens (tertiary/aromatic N) is 1. The van der Waals surface area contributed by atoms with E-state index in [9.17, 15) is 9.59 Å². The first-order chi connectivity index (χ1) is 12.0. The van der Waals surface area contributed by atoms with Gasteiger partial charge in [0.1, 0.15) is 5.69 Å². The Bertz CT molecular complexity index is 901. The van der Waals surface area contributed by atoms with E-state index in [0.29, 0.717) is 11.3 Å². The number of aromatic nitrogens is 2. The molecule has 5 nitrogen and oxygen atoms in total. The van der Waals surface area contributed by atoms with Gasteiger partial charge in [-0.05, 0) is 38.5 Å². The lowest BCUT2D eigenvalue weighted by atomic mass is 10.1. The molecule has 2 aromatic heterocycles. The topological polar surface area (TPSA) is 64.1 Å². The van der Waals surface area contributed by atoms with Crippen molar-refractivity contribution >= 4 is 22.7 Å². The number of aryl methyl sites for hydroxylation is 1. The van der Waals surface area contributed by atoms with Gasteiger partial charge in [0.2, 0.25) is 5.78 Å². The molecular weight excluding hydrogens is 316 g/mol. The SMILES string of the molecule is CCCn1c(C)cc(C(=O)COC(=O)c2cc3ccccc3[nH]2)c1C. The van der Waals surface area contributed by atoms with Gasteiger partial charge in [0.25, 0.3) is 0 Å². The molecule has 0 unspecified atom stereocenters. The lowest BCUT2D eigenvalue weighted by Gasteiger charge is -2.07. The van der Waals surface area contributed by atoms with E-state index in [1.165, 1.54) is 0 Å². The van der Waals surface area contributed by atoms with Gasteiger partial charge < -0.3 is 14.3 Å². The number of ether oxygens (including phenoxy) is 1. The Morgan fingerprint density at radius 2 is 1.92 bits per heavy atom. The van der Waals surface area contributed by atoms with E-state index < -0.39 is 5.97 Å². The van der Waals surface area contributed by atoms with Gasteiger partial charge in [0, 0.05) is 34.4 Å². The third-order valence-corrected chi connectivity index (χ3v) is 4.41. The van der Waals surface area contributed by atoms with Gasteiger partial charge in [0.05, 0.1) is 0 Å². The number of hydrogen-bond acceptors (Lipinski definition) is 3. The molecule has 0 aliphatic rings.